The molecule has 0 saturated carbocycles. The highest BCUT2D eigenvalue weighted by Gasteiger charge is 2.19. The molecule has 94 valence electrons. The molecule has 0 saturated heterocycles. The maximum absolute atomic E-state index is 13.7. The first-order valence-corrected chi connectivity index (χ1v) is 6.77. The van der Waals surface area contributed by atoms with Gasteiger partial charge in [0.1, 0.15) is 11.6 Å². The molecule has 18 heavy (non-hydrogen) atoms. The SMILES string of the molecule is Cc1cc(F)c(C(=O)c2cc(C)c(Br)s2)cc1F. The second kappa shape index (κ2) is 4.90. The van der Waals surface area contributed by atoms with Crippen LogP contribution < -0.4 is 0 Å². The summed E-state index contributed by atoms with van der Waals surface area (Å²) in [6.07, 6.45) is 0. The number of hydrogen-bond donors (Lipinski definition) is 0. The van der Waals surface area contributed by atoms with Crippen LogP contribution >= 0.6 is 27.3 Å². The number of aryl methyl sites for hydroxylation is 2. The highest BCUT2D eigenvalue weighted by atomic mass is 79.9. The van der Waals surface area contributed by atoms with E-state index in [-0.39, 0.29) is 11.1 Å². The summed E-state index contributed by atoms with van der Waals surface area (Å²) in [5, 5.41) is 0. The van der Waals surface area contributed by atoms with Crippen molar-refractivity contribution in [2.45, 2.75) is 13.8 Å². The van der Waals surface area contributed by atoms with Gasteiger partial charge >= 0.3 is 0 Å². The Morgan fingerprint density at radius 1 is 1.11 bits per heavy atom. The number of halogens is 3. The second-order valence-electron chi connectivity index (χ2n) is 3.98. The zero-order chi connectivity index (χ0) is 13.4. The lowest BCUT2D eigenvalue weighted by molar-refractivity contribution is 0.103. The lowest BCUT2D eigenvalue weighted by atomic mass is 10.1. The van der Waals surface area contributed by atoms with Gasteiger partial charge in [0, 0.05) is 0 Å². The summed E-state index contributed by atoms with van der Waals surface area (Å²) in [5.74, 6) is -1.77. The molecule has 0 aliphatic rings. The Bertz CT molecular complexity index is 615. The number of ketones is 1. The van der Waals surface area contributed by atoms with Crippen LogP contribution in [0.25, 0.3) is 0 Å². The Hall–Kier alpha value is -1.07. The van der Waals surface area contributed by atoms with Crippen LogP contribution in [0.2, 0.25) is 0 Å². The van der Waals surface area contributed by atoms with E-state index in [2.05, 4.69) is 15.9 Å². The van der Waals surface area contributed by atoms with E-state index < -0.39 is 17.4 Å². The molecule has 2 aromatic rings. The fourth-order valence-corrected chi connectivity index (χ4v) is 3.01. The van der Waals surface area contributed by atoms with Crippen molar-refractivity contribution in [3.8, 4) is 0 Å². The molecule has 0 bridgehead atoms. The topological polar surface area (TPSA) is 17.1 Å². The van der Waals surface area contributed by atoms with E-state index in [0.29, 0.717) is 4.88 Å². The highest BCUT2D eigenvalue weighted by molar-refractivity contribution is 9.11. The fraction of sp³-hybridized carbons (Fsp3) is 0.154. The van der Waals surface area contributed by atoms with E-state index in [4.69, 9.17) is 0 Å². The minimum absolute atomic E-state index is 0.188. The van der Waals surface area contributed by atoms with Crippen LogP contribution in [0.1, 0.15) is 26.4 Å². The molecule has 0 unspecified atom stereocenters. The molecule has 2 rings (SSSR count). The van der Waals surface area contributed by atoms with Gasteiger partial charge in [0.05, 0.1) is 14.2 Å². The Balaban J connectivity index is 2.49. The third kappa shape index (κ3) is 2.37. The number of carbonyl (C=O) groups is 1. The van der Waals surface area contributed by atoms with Crippen molar-refractivity contribution >= 4 is 33.0 Å². The van der Waals surface area contributed by atoms with Crippen molar-refractivity contribution in [1.82, 2.24) is 0 Å². The van der Waals surface area contributed by atoms with Crippen molar-refractivity contribution < 1.29 is 13.6 Å². The Labute approximate surface area is 116 Å². The molecule has 1 heterocycles. The summed E-state index contributed by atoms with van der Waals surface area (Å²) < 4.78 is 27.9. The van der Waals surface area contributed by atoms with Gasteiger partial charge in [-0.15, -0.1) is 11.3 Å². The van der Waals surface area contributed by atoms with Gasteiger partial charge in [-0.25, -0.2) is 8.78 Å². The van der Waals surface area contributed by atoms with Crippen molar-refractivity contribution in [3.05, 3.63) is 55.2 Å². The normalized spacial score (nSPS) is 10.7. The highest BCUT2D eigenvalue weighted by Crippen LogP contribution is 2.29. The monoisotopic (exact) mass is 330 g/mol. The number of hydrogen-bond acceptors (Lipinski definition) is 2. The predicted octanol–water partition coefficient (Wildman–Crippen LogP) is 4.64. The van der Waals surface area contributed by atoms with Crippen molar-refractivity contribution in [3.63, 3.8) is 0 Å². The van der Waals surface area contributed by atoms with Gasteiger partial charge < -0.3 is 0 Å². The molecule has 0 spiro atoms. The number of rotatable bonds is 2. The Morgan fingerprint density at radius 2 is 1.78 bits per heavy atom. The number of thiophene rings is 1. The van der Waals surface area contributed by atoms with E-state index in [9.17, 15) is 13.6 Å². The summed E-state index contributed by atoms with van der Waals surface area (Å²) in [5.41, 5.74) is 0.857. The quantitative estimate of drug-likeness (QED) is 0.733. The second-order valence-corrected chi connectivity index (χ2v) is 6.35. The van der Waals surface area contributed by atoms with Gasteiger partial charge in [-0.05, 0) is 59.1 Å². The van der Waals surface area contributed by atoms with Crippen LogP contribution in [0.5, 0.6) is 0 Å². The molecular formula is C13H9BrF2OS. The van der Waals surface area contributed by atoms with E-state index in [1.165, 1.54) is 18.3 Å². The minimum atomic E-state index is -0.693. The van der Waals surface area contributed by atoms with Gasteiger partial charge in [0.2, 0.25) is 5.78 Å². The molecule has 0 N–H and O–H groups in total. The Kier molecular flexibility index (Phi) is 3.64. The molecule has 0 radical (unpaired) electrons. The average molecular weight is 331 g/mol. The van der Waals surface area contributed by atoms with Gasteiger partial charge in [-0.3, -0.25) is 4.79 Å². The maximum atomic E-state index is 13.7. The molecule has 1 aromatic heterocycles. The number of benzene rings is 1. The van der Waals surface area contributed by atoms with Crippen LogP contribution in [0, 0.1) is 25.5 Å². The van der Waals surface area contributed by atoms with E-state index in [1.807, 2.05) is 6.92 Å². The van der Waals surface area contributed by atoms with Crippen LogP contribution in [0.15, 0.2) is 22.0 Å². The van der Waals surface area contributed by atoms with Crippen LogP contribution in [0.4, 0.5) is 8.78 Å². The molecule has 0 atom stereocenters. The molecular weight excluding hydrogens is 322 g/mol. The average Bonchev–Trinajstić information content (AvgIpc) is 2.63. The third-order valence-electron chi connectivity index (χ3n) is 2.57. The van der Waals surface area contributed by atoms with Gasteiger partial charge in [0.25, 0.3) is 0 Å². The molecule has 0 aliphatic carbocycles. The first kappa shape index (κ1) is 13.4. The van der Waals surface area contributed by atoms with Gasteiger partial charge in [-0.2, -0.15) is 0 Å². The summed E-state index contributed by atoms with van der Waals surface area (Å²) in [6, 6.07) is 3.66. The van der Waals surface area contributed by atoms with E-state index >= 15 is 0 Å². The largest absolute Gasteiger partial charge is 0.288 e. The lowest BCUT2D eigenvalue weighted by Gasteiger charge is -2.03. The van der Waals surface area contributed by atoms with Crippen LogP contribution in [-0.4, -0.2) is 5.78 Å². The molecule has 1 aromatic carbocycles. The van der Waals surface area contributed by atoms with Gasteiger partial charge in [-0.1, -0.05) is 0 Å². The lowest BCUT2D eigenvalue weighted by Crippen LogP contribution is -2.04. The summed E-state index contributed by atoms with van der Waals surface area (Å²) >= 11 is 4.51. The molecule has 0 aliphatic heterocycles. The molecule has 0 fully saturated rings. The fourth-order valence-electron chi connectivity index (χ4n) is 1.52. The zero-order valence-corrected chi connectivity index (χ0v) is 12.1. The van der Waals surface area contributed by atoms with Crippen molar-refractivity contribution in [2.24, 2.45) is 0 Å². The Morgan fingerprint density at radius 3 is 2.33 bits per heavy atom. The summed E-state index contributed by atoms with van der Waals surface area (Å²) in [7, 11) is 0. The first-order chi connectivity index (χ1) is 8.40. The maximum Gasteiger partial charge on any atom is 0.206 e. The van der Waals surface area contributed by atoms with Crippen LogP contribution in [0.3, 0.4) is 0 Å². The van der Waals surface area contributed by atoms with Crippen molar-refractivity contribution in [2.75, 3.05) is 0 Å². The standard InChI is InChI=1S/C13H9BrF2OS/c1-6-3-10(16)8(5-9(6)15)12(17)11-4-7(2)13(14)18-11/h3-5H,1-2H3. The van der Waals surface area contributed by atoms with Crippen molar-refractivity contribution in [1.29, 1.82) is 0 Å². The smallest absolute Gasteiger partial charge is 0.206 e. The summed E-state index contributed by atoms with van der Waals surface area (Å²) in [6.45, 7) is 3.29. The minimum Gasteiger partial charge on any atom is -0.288 e. The van der Waals surface area contributed by atoms with E-state index in [0.717, 1.165) is 21.5 Å². The molecule has 0 amide bonds. The number of carbonyl (C=O) groups excluding carboxylic acids is 1. The molecule has 5 heteroatoms. The first-order valence-electron chi connectivity index (χ1n) is 5.16. The summed E-state index contributed by atoms with van der Waals surface area (Å²) in [4.78, 5) is 12.5. The zero-order valence-electron chi connectivity index (χ0n) is 9.68. The van der Waals surface area contributed by atoms with Gasteiger partial charge in [0.15, 0.2) is 0 Å². The van der Waals surface area contributed by atoms with E-state index in [1.54, 1.807) is 6.07 Å². The predicted molar refractivity (Wildman–Crippen MR) is 71.3 cm³/mol. The van der Waals surface area contributed by atoms with Crippen LogP contribution in [-0.2, 0) is 0 Å². The molecule has 1 nitrogen and oxygen atoms in total. The third-order valence-corrected chi connectivity index (χ3v) is 4.71.